The largest absolute Gasteiger partial charge is 0.461 e. The Morgan fingerprint density at radius 2 is 2.25 bits per heavy atom. The number of rotatable bonds is 4. The predicted octanol–water partition coefficient (Wildman–Crippen LogP) is 3.10. The quantitative estimate of drug-likeness (QED) is 0.537. The third-order valence-corrected chi connectivity index (χ3v) is 3.69. The first-order valence-corrected chi connectivity index (χ1v) is 6.20. The average Bonchev–Trinajstić information content (AvgIpc) is 2.85. The minimum atomic E-state index is -0.188. The van der Waals surface area contributed by atoms with Gasteiger partial charge in [-0.3, -0.25) is 4.79 Å². The Morgan fingerprint density at radius 1 is 1.44 bits per heavy atom. The maximum Gasteiger partial charge on any atom is 0.302 e. The second kappa shape index (κ2) is 4.86. The average molecular weight is 220 g/mol. The second-order valence-corrected chi connectivity index (χ2v) is 4.90. The van der Waals surface area contributed by atoms with E-state index in [1.165, 1.54) is 25.3 Å². The van der Waals surface area contributed by atoms with Gasteiger partial charge in [-0.1, -0.05) is 25.2 Å². The van der Waals surface area contributed by atoms with Gasteiger partial charge in [-0.2, -0.15) is 0 Å². The van der Waals surface area contributed by atoms with Crippen molar-refractivity contribution < 1.29 is 9.53 Å². The van der Waals surface area contributed by atoms with Crippen LogP contribution in [-0.4, -0.2) is 12.6 Å². The zero-order chi connectivity index (χ0) is 11.5. The molecule has 0 amide bonds. The van der Waals surface area contributed by atoms with Gasteiger partial charge in [-0.25, -0.2) is 0 Å². The smallest absolute Gasteiger partial charge is 0.302 e. The van der Waals surface area contributed by atoms with Gasteiger partial charge in [0.2, 0.25) is 0 Å². The molecule has 16 heavy (non-hydrogen) atoms. The Kier molecular flexibility index (Phi) is 3.47. The van der Waals surface area contributed by atoms with Crippen molar-refractivity contribution in [1.82, 2.24) is 0 Å². The summed E-state index contributed by atoms with van der Waals surface area (Å²) in [6.45, 7) is 4.06. The van der Waals surface area contributed by atoms with Crippen molar-refractivity contribution >= 4 is 5.97 Å². The van der Waals surface area contributed by atoms with Crippen LogP contribution in [0.2, 0.25) is 0 Å². The number of carbonyl (C=O) groups excluding carboxylic acids is 1. The van der Waals surface area contributed by atoms with Gasteiger partial charge < -0.3 is 4.74 Å². The molecular formula is C14H20O2. The van der Waals surface area contributed by atoms with Crippen molar-refractivity contribution in [2.24, 2.45) is 17.8 Å². The number of carbonyl (C=O) groups is 1. The molecule has 3 unspecified atom stereocenters. The van der Waals surface area contributed by atoms with Gasteiger partial charge in [-0.05, 0) is 42.6 Å². The zero-order valence-electron chi connectivity index (χ0n) is 10.1. The van der Waals surface area contributed by atoms with Crippen LogP contribution < -0.4 is 0 Å². The molecule has 0 aliphatic heterocycles. The predicted molar refractivity (Wildman–Crippen MR) is 63.9 cm³/mol. The van der Waals surface area contributed by atoms with Gasteiger partial charge in [0.05, 0.1) is 0 Å². The first kappa shape index (κ1) is 11.4. The molecule has 3 atom stereocenters. The van der Waals surface area contributed by atoms with Crippen LogP contribution in [0.5, 0.6) is 0 Å². The van der Waals surface area contributed by atoms with Gasteiger partial charge in [0, 0.05) is 6.92 Å². The van der Waals surface area contributed by atoms with E-state index in [1.807, 2.05) is 0 Å². The van der Waals surface area contributed by atoms with E-state index in [4.69, 9.17) is 4.74 Å². The lowest BCUT2D eigenvalue weighted by Crippen LogP contribution is -2.08. The molecule has 2 nitrogen and oxygen atoms in total. The first-order valence-electron chi connectivity index (χ1n) is 6.20. The van der Waals surface area contributed by atoms with Crippen molar-refractivity contribution in [2.75, 3.05) is 6.61 Å². The molecule has 0 heterocycles. The van der Waals surface area contributed by atoms with Crippen molar-refractivity contribution in [3.63, 3.8) is 0 Å². The SMILES string of the molecule is CCC(=CC1CC2C=CC1C2)COC(C)=O. The van der Waals surface area contributed by atoms with Gasteiger partial charge in [-0.15, -0.1) is 0 Å². The molecule has 0 saturated heterocycles. The van der Waals surface area contributed by atoms with Crippen molar-refractivity contribution in [1.29, 1.82) is 0 Å². The standard InChI is InChI=1S/C14H20O2/c1-3-11(9-16-10(2)15)6-14-8-12-4-5-13(14)7-12/h4-6,12-14H,3,7-9H2,1-2H3. The molecule has 2 aliphatic carbocycles. The summed E-state index contributed by atoms with van der Waals surface area (Å²) in [5.74, 6) is 2.04. The van der Waals surface area contributed by atoms with Crippen LogP contribution >= 0.6 is 0 Å². The number of hydrogen-bond donors (Lipinski definition) is 0. The lowest BCUT2D eigenvalue weighted by molar-refractivity contribution is -0.140. The van der Waals surface area contributed by atoms with E-state index in [1.54, 1.807) is 0 Å². The summed E-state index contributed by atoms with van der Waals surface area (Å²) in [5.41, 5.74) is 1.26. The molecule has 2 bridgehead atoms. The van der Waals surface area contributed by atoms with E-state index >= 15 is 0 Å². The lowest BCUT2D eigenvalue weighted by Gasteiger charge is -2.16. The monoisotopic (exact) mass is 220 g/mol. The Labute approximate surface area is 97.4 Å². The third kappa shape index (κ3) is 2.55. The minimum absolute atomic E-state index is 0.188. The highest BCUT2D eigenvalue weighted by molar-refractivity contribution is 5.66. The second-order valence-electron chi connectivity index (χ2n) is 4.90. The molecule has 1 fully saturated rings. The topological polar surface area (TPSA) is 26.3 Å². The summed E-state index contributed by atoms with van der Waals surface area (Å²) in [5, 5.41) is 0. The molecular weight excluding hydrogens is 200 g/mol. The van der Waals surface area contributed by atoms with Crippen LogP contribution in [0.4, 0.5) is 0 Å². The van der Waals surface area contributed by atoms with E-state index in [0.29, 0.717) is 12.5 Å². The van der Waals surface area contributed by atoms with Gasteiger partial charge in [0.1, 0.15) is 6.61 Å². The van der Waals surface area contributed by atoms with Crippen molar-refractivity contribution in [3.05, 3.63) is 23.8 Å². The van der Waals surface area contributed by atoms with Crippen LogP contribution in [0.3, 0.4) is 0 Å². The Hall–Kier alpha value is -1.05. The molecule has 0 aromatic heterocycles. The summed E-state index contributed by atoms with van der Waals surface area (Å²) in [4.78, 5) is 10.8. The van der Waals surface area contributed by atoms with E-state index in [9.17, 15) is 4.79 Å². The molecule has 0 radical (unpaired) electrons. The van der Waals surface area contributed by atoms with Gasteiger partial charge in [0.15, 0.2) is 0 Å². The molecule has 0 spiro atoms. The fourth-order valence-corrected chi connectivity index (χ4v) is 2.78. The maximum absolute atomic E-state index is 10.8. The molecule has 2 heteroatoms. The molecule has 0 N–H and O–H groups in total. The van der Waals surface area contributed by atoms with E-state index in [-0.39, 0.29) is 5.97 Å². The first-order chi connectivity index (χ1) is 7.69. The molecule has 1 saturated carbocycles. The Morgan fingerprint density at radius 3 is 2.75 bits per heavy atom. The molecule has 2 rings (SSSR count). The minimum Gasteiger partial charge on any atom is -0.461 e. The maximum atomic E-state index is 10.8. The van der Waals surface area contributed by atoms with Crippen LogP contribution in [0.25, 0.3) is 0 Å². The number of allylic oxidation sites excluding steroid dienone is 3. The number of hydrogen-bond acceptors (Lipinski definition) is 2. The molecule has 88 valence electrons. The highest BCUT2D eigenvalue weighted by Gasteiger charge is 2.34. The van der Waals surface area contributed by atoms with E-state index < -0.39 is 0 Å². The summed E-state index contributed by atoms with van der Waals surface area (Å²) in [7, 11) is 0. The van der Waals surface area contributed by atoms with Crippen LogP contribution in [0.15, 0.2) is 23.8 Å². The normalized spacial score (nSPS) is 32.1. The number of ether oxygens (including phenoxy) is 1. The summed E-state index contributed by atoms with van der Waals surface area (Å²) < 4.78 is 5.06. The number of fused-ring (bicyclic) bond motifs is 2. The van der Waals surface area contributed by atoms with E-state index in [0.717, 1.165) is 18.3 Å². The Balaban J connectivity index is 1.93. The highest BCUT2D eigenvalue weighted by Crippen LogP contribution is 2.44. The van der Waals surface area contributed by atoms with Crippen LogP contribution in [-0.2, 0) is 9.53 Å². The summed E-state index contributed by atoms with van der Waals surface area (Å²) in [6, 6.07) is 0. The molecule has 2 aliphatic rings. The highest BCUT2D eigenvalue weighted by atomic mass is 16.5. The van der Waals surface area contributed by atoms with Crippen LogP contribution in [0, 0.1) is 17.8 Å². The molecule has 0 aromatic rings. The van der Waals surface area contributed by atoms with Crippen molar-refractivity contribution in [3.8, 4) is 0 Å². The van der Waals surface area contributed by atoms with Gasteiger partial charge in [0.25, 0.3) is 0 Å². The summed E-state index contributed by atoms with van der Waals surface area (Å²) >= 11 is 0. The fourth-order valence-electron chi connectivity index (χ4n) is 2.78. The molecule has 0 aromatic carbocycles. The third-order valence-electron chi connectivity index (χ3n) is 3.69. The Bertz CT molecular complexity index is 328. The van der Waals surface area contributed by atoms with E-state index in [2.05, 4.69) is 25.2 Å². The number of esters is 1. The fraction of sp³-hybridized carbons (Fsp3) is 0.643. The summed E-state index contributed by atoms with van der Waals surface area (Å²) in [6.07, 6.45) is 10.6. The zero-order valence-corrected chi connectivity index (χ0v) is 10.1. The van der Waals surface area contributed by atoms with Crippen molar-refractivity contribution in [2.45, 2.75) is 33.1 Å². The van der Waals surface area contributed by atoms with Gasteiger partial charge >= 0.3 is 5.97 Å². The lowest BCUT2D eigenvalue weighted by atomic mass is 9.91. The van der Waals surface area contributed by atoms with Crippen LogP contribution in [0.1, 0.15) is 33.1 Å².